The first-order valence-electron chi connectivity index (χ1n) is 7.23. The van der Waals surface area contributed by atoms with Gasteiger partial charge in [-0.05, 0) is 42.9 Å². The summed E-state index contributed by atoms with van der Waals surface area (Å²) in [6.45, 7) is 0.984. The number of rotatable bonds is 5. The van der Waals surface area contributed by atoms with Gasteiger partial charge in [0.15, 0.2) is 5.41 Å². The molecule has 1 N–H and O–H groups in total. The molecule has 5 nitrogen and oxygen atoms in total. The van der Waals surface area contributed by atoms with Crippen LogP contribution >= 0.6 is 0 Å². The lowest BCUT2D eigenvalue weighted by Gasteiger charge is -2.23. The molecule has 21 heavy (non-hydrogen) atoms. The molecule has 0 radical (unpaired) electrons. The molecule has 1 aliphatic carbocycles. The van der Waals surface area contributed by atoms with Crippen LogP contribution in [0, 0.1) is 11.3 Å². The quantitative estimate of drug-likeness (QED) is 0.841. The maximum atomic E-state index is 12.6. The molecule has 1 aliphatic heterocycles. The van der Waals surface area contributed by atoms with Crippen LogP contribution in [0.1, 0.15) is 24.8 Å². The normalized spacial score (nSPS) is 25.2. The lowest BCUT2D eigenvalue weighted by molar-refractivity contribution is -0.158. The number of methoxy groups -OCH3 is 1. The first-order chi connectivity index (χ1) is 10.1. The van der Waals surface area contributed by atoms with Crippen LogP contribution < -0.4 is 4.74 Å². The summed E-state index contributed by atoms with van der Waals surface area (Å²) in [4.78, 5) is 25.9. The summed E-state index contributed by atoms with van der Waals surface area (Å²) in [7, 11) is 1.61. The Kier molecular flexibility index (Phi) is 3.35. The molecule has 1 heterocycles. The highest BCUT2D eigenvalue weighted by Crippen LogP contribution is 2.52. The van der Waals surface area contributed by atoms with Gasteiger partial charge in [0, 0.05) is 13.1 Å². The van der Waals surface area contributed by atoms with E-state index in [1.165, 1.54) is 0 Å². The first kappa shape index (κ1) is 13.9. The van der Waals surface area contributed by atoms with Gasteiger partial charge >= 0.3 is 5.97 Å². The van der Waals surface area contributed by atoms with Gasteiger partial charge in [-0.15, -0.1) is 0 Å². The Morgan fingerprint density at radius 1 is 1.38 bits per heavy atom. The lowest BCUT2D eigenvalue weighted by atomic mass is 9.81. The number of aliphatic carboxylic acids is 1. The molecule has 0 spiro atoms. The van der Waals surface area contributed by atoms with Crippen LogP contribution in [0.5, 0.6) is 5.75 Å². The van der Waals surface area contributed by atoms with Gasteiger partial charge in [-0.2, -0.15) is 0 Å². The number of ether oxygens (including phenoxy) is 1. The van der Waals surface area contributed by atoms with E-state index >= 15 is 0 Å². The van der Waals surface area contributed by atoms with Gasteiger partial charge in [-0.1, -0.05) is 12.1 Å². The van der Waals surface area contributed by atoms with Crippen molar-refractivity contribution >= 4 is 11.9 Å². The predicted octanol–water partition coefficient (Wildman–Crippen LogP) is 1.91. The first-order valence-corrected chi connectivity index (χ1v) is 7.23. The topological polar surface area (TPSA) is 66.8 Å². The average molecular weight is 289 g/mol. The number of hydrogen-bond acceptors (Lipinski definition) is 3. The Labute approximate surface area is 123 Å². The van der Waals surface area contributed by atoms with E-state index in [-0.39, 0.29) is 11.8 Å². The number of amides is 1. The third-order valence-electron chi connectivity index (χ3n) is 4.63. The fourth-order valence-electron chi connectivity index (χ4n) is 3.23. The molecule has 3 rings (SSSR count). The van der Waals surface area contributed by atoms with Gasteiger partial charge in [0.1, 0.15) is 5.75 Å². The molecule has 0 aromatic heterocycles. The predicted molar refractivity (Wildman–Crippen MR) is 75.8 cm³/mol. The van der Waals surface area contributed by atoms with E-state index in [2.05, 4.69) is 0 Å². The van der Waals surface area contributed by atoms with Gasteiger partial charge in [-0.3, -0.25) is 9.59 Å². The molecule has 0 unspecified atom stereocenters. The number of nitrogens with zero attached hydrogens (tertiary/aromatic N) is 1. The molecule has 112 valence electrons. The Morgan fingerprint density at radius 3 is 2.57 bits per heavy atom. The summed E-state index contributed by atoms with van der Waals surface area (Å²) in [5.41, 5.74) is -0.173. The third-order valence-corrected chi connectivity index (χ3v) is 4.63. The minimum Gasteiger partial charge on any atom is -0.497 e. The lowest BCUT2D eigenvalue weighted by Crippen LogP contribution is -2.42. The summed E-state index contributed by atoms with van der Waals surface area (Å²) < 4.78 is 5.11. The van der Waals surface area contributed by atoms with E-state index in [1.807, 2.05) is 24.3 Å². The number of benzene rings is 1. The fraction of sp³-hybridized carbons (Fsp3) is 0.500. The third kappa shape index (κ3) is 2.26. The Morgan fingerprint density at radius 2 is 2.05 bits per heavy atom. The zero-order chi connectivity index (χ0) is 15.0. The van der Waals surface area contributed by atoms with Crippen LogP contribution in [-0.2, 0) is 16.1 Å². The van der Waals surface area contributed by atoms with Gasteiger partial charge in [-0.25, -0.2) is 0 Å². The fourth-order valence-corrected chi connectivity index (χ4v) is 3.23. The van der Waals surface area contributed by atoms with Crippen molar-refractivity contribution in [1.82, 2.24) is 4.90 Å². The summed E-state index contributed by atoms with van der Waals surface area (Å²) >= 11 is 0. The SMILES string of the molecule is COc1ccc(CN2CC[C@@](C(=O)O)(C3CC3)C2=O)cc1. The van der Waals surface area contributed by atoms with Crippen LogP contribution in [0.15, 0.2) is 24.3 Å². The average Bonchev–Trinajstić information content (AvgIpc) is 3.27. The van der Waals surface area contributed by atoms with Crippen molar-refractivity contribution < 1.29 is 19.4 Å². The van der Waals surface area contributed by atoms with Gasteiger partial charge in [0.25, 0.3) is 0 Å². The standard InChI is InChI=1S/C16H19NO4/c1-21-13-6-2-11(3-7-13)10-17-9-8-16(14(17)18,15(19)20)12-4-5-12/h2-3,6-7,12H,4-5,8-10H2,1H3,(H,19,20)/t16-/m1/s1. The molecule has 2 fully saturated rings. The van der Waals surface area contributed by atoms with E-state index in [0.29, 0.717) is 19.5 Å². The van der Waals surface area contributed by atoms with E-state index < -0.39 is 11.4 Å². The minimum atomic E-state index is -1.16. The van der Waals surface area contributed by atoms with Crippen molar-refractivity contribution in [2.75, 3.05) is 13.7 Å². The number of carboxylic acid groups (broad SMARTS) is 1. The van der Waals surface area contributed by atoms with Crippen molar-refractivity contribution in [3.05, 3.63) is 29.8 Å². The molecule has 2 aliphatic rings. The van der Waals surface area contributed by atoms with Crippen molar-refractivity contribution in [2.24, 2.45) is 11.3 Å². The van der Waals surface area contributed by atoms with Crippen LogP contribution in [0.3, 0.4) is 0 Å². The summed E-state index contributed by atoms with van der Waals surface area (Å²) in [6.07, 6.45) is 2.14. The van der Waals surface area contributed by atoms with Gasteiger partial charge in [0.05, 0.1) is 7.11 Å². The summed E-state index contributed by atoms with van der Waals surface area (Å²) in [5.74, 6) is -0.367. The molecule has 1 atom stereocenters. The largest absolute Gasteiger partial charge is 0.497 e. The number of likely N-dealkylation sites (tertiary alicyclic amines) is 1. The Balaban J connectivity index is 1.75. The molecular formula is C16H19NO4. The van der Waals surface area contributed by atoms with Crippen LogP contribution in [0.4, 0.5) is 0 Å². The monoisotopic (exact) mass is 289 g/mol. The smallest absolute Gasteiger partial charge is 0.319 e. The van der Waals surface area contributed by atoms with E-state index in [1.54, 1.807) is 12.0 Å². The molecule has 0 bridgehead atoms. The second kappa shape index (κ2) is 5.06. The number of carbonyl (C=O) groups is 2. The van der Waals surface area contributed by atoms with Crippen molar-refractivity contribution in [2.45, 2.75) is 25.8 Å². The summed E-state index contributed by atoms with van der Waals surface area (Å²) in [6, 6.07) is 7.51. The number of hydrogen-bond donors (Lipinski definition) is 1. The highest BCUT2D eigenvalue weighted by molar-refractivity contribution is 6.04. The van der Waals surface area contributed by atoms with Crippen molar-refractivity contribution in [3.63, 3.8) is 0 Å². The second-order valence-corrected chi connectivity index (χ2v) is 5.88. The van der Waals surface area contributed by atoms with Crippen molar-refractivity contribution in [3.8, 4) is 5.75 Å². The van der Waals surface area contributed by atoms with E-state index in [9.17, 15) is 14.7 Å². The molecule has 1 amide bonds. The zero-order valence-corrected chi connectivity index (χ0v) is 12.0. The zero-order valence-electron chi connectivity index (χ0n) is 12.0. The molecular weight excluding hydrogens is 270 g/mol. The maximum Gasteiger partial charge on any atom is 0.319 e. The summed E-state index contributed by atoms with van der Waals surface area (Å²) in [5, 5.41) is 9.53. The number of carbonyl (C=O) groups excluding carboxylic acids is 1. The van der Waals surface area contributed by atoms with Crippen molar-refractivity contribution in [1.29, 1.82) is 0 Å². The highest BCUT2D eigenvalue weighted by Gasteiger charge is 2.60. The molecule has 1 saturated carbocycles. The van der Waals surface area contributed by atoms with Crippen LogP contribution in [-0.4, -0.2) is 35.5 Å². The van der Waals surface area contributed by atoms with Gasteiger partial charge in [0.2, 0.25) is 5.91 Å². The minimum absolute atomic E-state index is 0.0309. The van der Waals surface area contributed by atoms with Crippen LogP contribution in [0.25, 0.3) is 0 Å². The molecule has 1 aromatic rings. The molecule has 1 aromatic carbocycles. The van der Waals surface area contributed by atoms with Crippen LogP contribution in [0.2, 0.25) is 0 Å². The molecule has 5 heteroatoms. The van der Waals surface area contributed by atoms with E-state index in [0.717, 1.165) is 24.2 Å². The Bertz CT molecular complexity index is 564. The highest BCUT2D eigenvalue weighted by atomic mass is 16.5. The Hall–Kier alpha value is -2.04. The maximum absolute atomic E-state index is 12.6. The molecule has 1 saturated heterocycles. The number of carboxylic acids is 1. The van der Waals surface area contributed by atoms with Gasteiger partial charge < -0.3 is 14.7 Å². The van der Waals surface area contributed by atoms with E-state index in [4.69, 9.17) is 4.74 Å². The second-order valence-electron chi connectivity index (χ2n) is 5.88.